The first kappa shape index (κ1) is 22.9. The van der Waals surface area contributed by atoms with E-state index in [1.165, 1.54) is 25.1 Å². The number of hydrogen-bond acceptors (Lipinski definition) is 6. The molecule has 1 saturated heterocycles. The summed E-state index contributed by atoms with van der Waals surface area (Å²) < 4.78 is 0. The van der Waals surface area contributed by atoms with Crippen LogP contribution >= 0.6 is 0 Å². The van der Waals surface area contributed by atoms with Gasteiger partial charge in [-0.05, 0) is 74.0 Å². The van der Waals surface area contributed by atoms with Crippen LogP contribution in [0.15, 0.2) is 79.3 Å². The number of benzene rings is 1. The summed E-state index contributed by atoms with van der Waals surface area (Å²) in [6, 6.07) is 20.3. The van der Waals surface area contributed by atoms with Gasteiger partial charge in [0.15, 0.2) is 5.65 Å². The average molecular weight is 486 g/mol. The Morgan fingerprint density at radius 1 is 0.946 bits per heavy atom. The molecule has 0 spiro atoms. The van der Waals surface area contributed by atoms with Crippen molar-refractivity contribution in [2.24, 2.45) is 0 Å². The molecule has 0 radical (unpaired) electrons. The molecular formula is C30H27N7. The van der Waals surface area contributed by atoms with E-state index >= 15 is 0 Å². The lowest BCUT2D eigenvalue weighted by Gasteiger charge is -2.30. The maximum Gasteiger partial charge on any atom is 0.160 e. The first-order valence-electron chi connectivity index (χ1n) is 12.5. The van der Waals surface area contributed by atoms with Gasteiger partial charge >= 0.3 is 0 Å². The minimum Gasteiger partial charge on any atom is -0.338 e. The highest BCUT2D eigenvalue weighted by atomic mass is 15.2. The average Bonchev–Trinajstić information content (AvgIpc) is 3.38. The summed E-state index contributed by atoms with van der Waals surface area (Å²) in [5.74, 6) is 0.698. The highest BCUT2D eigenvalue weighted by Crippen LogP contribution is 2.28. The molecule has 7 heteroatoms. The SMILES string of the molecule is CC(=N)/C(=C\c1ncc(-c2ccnc3nc(-c4ccccn4)ccc23)[nH]1)c1ccc(CN2CCC2)cc1. The standard InChI is InChI=1S/C30H27N7/c1-20(31)25(22-8-6-21(7-9-22)19-37-15-4-16-37)17-29-34-18-28(35-29)23-12-14-33-30-24(23)10-11-27(36-30)26-5-2-3-13-32-26/h2-3,5-14,17-18,31H,4,15-16,19H2,1H3,(H,34,35)/b25-17+,31-20?. The number of allylic oxidation sites excluding steroid dienone is 1. The monoisotopic (exact) mass is 485 g/mol. The van der Waals surface area contributed by atoms with Crippen molar-refractivity contribution in [3.63, 3.8) is 0 Å². The van der Waals surface area contributed by atoms with E-state index in [4.69, 9.17) is 10.4 Å². The van der Waals surface area contributed by atoms with E-state index < -0.39 is 0 Å². The van der Waals surface area contributed by atoms with Gasteiger partial charge in [-0.1, -0.05) is 30.3 Å². The van der Waals surface area contributed by atoms with Crippen molar-refractivity contribution in [2.45, 2.75) is 19.9 Å². The van der Waals surface area contributed by atoms with Crippen molar-refractivity contribution in [1.82, 2.24) is 29.8 Å². The van der Waals surface area contributed by atoms with Crippen LogP contribution in [0.2, 0.25) is 0 Å². The highest BCUT2D eigenvalue weighted by molar-refractivity contribution is 6.25. The van der Waals surface area contributed by atoms with Crippen LogP contribution in [0.1, 0.15) is 30.3 Å². The largest absolute Gasteiger partial charge is 0.338 e. The second-order valence-corrected chi connectivity index (χ2v) is 9.33. The van der Waals surface area contributed by atoms with E-state index in [2.05, 4.69) is 49.1 Å². The number of nitrogens with one attached hydrogen (secondary N) is 2. The number of fused-ring (bicyclic) bond motifs is 1. The first-order valence-corrected chi connectivity index (χ1v) is 12.5. The zero-order valence-electron chi connectivity index (χ0n) is 20.6. The molecule has 5 aromatic rings. The Balaban J connectivity index is 1.29. The number of H-pyrrole nitrogens is 1. The van der Waals surface area contributed by atoms with Crippen LogP contribution in [-0.2, 0) is 6.54 Å². The Labute approximate surface area is 215 Å². The van der Waals surface area contributed by atoms with E-state index in [1.54, 1.807) is 12.4 Å². The topological polar surface area (TPSA) is 94.4 Å². The van der Waals surface area contributed by atoms with Crippen LogP contribution in [-0.4, -0.2) is 48.6 Å². The van der Waals surface area contributed by atoms with Gasteiger partial charge in [0.1, 0.15) is 5.82 Å². The van der Waals surface area contributed by atoms with Crippen LogP contribution in [0.4, 0.5) is 0 Å². The number of imidazole rings is 1. The fourth-order valence-electron chi connectivity index (χ4n) is 4.60. The fourth-order valence-corrected chi connectivity index (χ4v) is 4.60. The lowest BCUT2D eigenvalue weighted by Crippen LogP contribution is -2.36. The van der Waals surface area contributed by atoms with Gasteiger partial charge in [0.2, 0.25) is 0 Å². The molecule has 4 aromatic heterocycles. The van der Waals surface area contributed by atoms with Gasteiger partial charge in [-0.2, -0.15) is 0 Å². The van der Waals surface area contributed by atoms with Crippen LogP contribution in [0.3, 0.4) is 0 Å². The summed E-state index contributed by atoms with van der Waals surface area (Å²) in [4.78, 5) is 24.1. The second kappa shape index (κ2) is 9.87. The lowest BCUT2D eigenvalue weighted by molar-refractivity contribution is 0.172. The molecule has 1 aromatic carbocycles. The van der Waals surface area contributed by atoms with E-state index in [1.807, 2.05) is 55.6 Å². The second-order valence-electron chi connectivity index (χ2n) is 9.33. The van der Waals surface area contributed by atoms with E-state index in [0.29, 0.717) is 17.2 Å². The van der Waals surface area contributed by atoms with Crippen LogP contribution < -0.4 is 0 Å². The molecule has 6 rings (SSSR count). The molecule has 0 saturated carbocycles. The summed E-state index contributed by atoms with van der Waals surface area (Å²) in [5.41, 5.74) is 7.75. The summed E-state index contributed by atoms with van der Waals surface area (Å²) in [7, 11) is 0. The maximum absolute atomic E-state index is 8.37. The molecule has 0 atom stereocenters. The van der Waals surface area contributed by atoms with E-state index in [9.17, 15) is 0 Å². The van der Waals surface area contributed by atoms with Crippen molar-refractivity contribution < 1.29 is 0 Å². The van der Waals surface area contributed by atoms with Gasteiger partial charge in [-0.15, -0.1) is 0 Å². The van der Waals surface area contributed by atoms with Crippen LogP contribution in [0.5, 0.6) is 0 Å². The molecule has 2 N–H and O–H groups in total. The Kier molecular flexibility index (Phi) is 6.12. The Morgan fingerprint density at radius 2 is 1.81 bits per heavy atom. The van der Waals surface area contributed by atoms with Gasteiger partial charge in [-0.25, -0.2) is 15.0 Å². The number of rotatable bonds is 7. The molecule has 1 aliphatic heterocycles. The van der Waals surface area contributed by atoms with Gasteiger partial charge in [0, 0.05) is 41.2 Å². The number of aromatic nitrogens is 5. The maximum atomic E-state index is 8.37. The molecular weight excluding hydrogens is 458 g/mol. The van der Waals surface area contributed by atoms with Gasteiger partial charge in [0.25, 0.3) is 0 Å². The predicted octanol–water partition coefficient (Wildman–Crippen LogP) is 5.87. The zero-order chi connectivity index (χ0) is 25.2. The quantitative estimate of drug-likeness (QED) is 0.281. The molecule has 1 fully saturated rings. The summed E-state index contributed by atoms with van der Waals surface area (Å²) in [6.45, 7) is 5.16. The van der Waals surface area contributed by atoms with Crippen LogP contribution in [0.25, 0.3) is 45.3 Å². The smallest absolute Gasteiger partial charge is 0.160 e. The first-order chi connectivity index (χ1) is 18.1. The Morgan fingerprint density at radius 3 is 2.54 bits per heavy atom. The summed E-state index contributed by atoms with van der Waals surface area (Å²) in [6.07, 6.45) is 8.58. The Bertz CT molecular complexity index is 1600. The van der Waals surface area contributed by atoms with Crippen molar-refractivity contribution in [3.8, 4) is 22.6 Å². The zero-order valence-corrected chi connectivity index (χ0v) is 20.6. The van der Waals surface area contributed by atoms with Gasteiger partial charge in [0.05, 0.1) is 23.3 Å². The van der Waals surface area contributed by atoms with Gasteiger partial charge < -0.3 is 10.4 Å². The van der Waals surface area contributed by atoms with Crippen molar-refractivity contribution in [1.29, 1.82) is 5.41 Å². The van der Waals surface area contributed by atoms with E-state index in [-0.39, 0.29) is 0 Å². The molecule has 1 aliphatic rings. The van der Waals surface area contributed by atoms with Crippen LogP contribution in [0, 0.1) is 5.41 Å². The van der Waals surface area contributed by atoms with Crippen molar-refractivity contribution >= 4 is 28.4 Å². The van der Waals surface area contributed by atoms with Gasteiger partial charge in [-0.3, -0.25) is 9.88 Å². The predicted molar refractivity (Wildman–Crippen MR) is 148 cm³/mol. The highest BCUT2D eigenvalue weighted by Gasteiger charge is 2.15. The third kappa shape index (κ3) is 4.81. The summed E-state index contributed by atoms with van der Waals surface area (Å²) >= 11 is 0. The molecule has 0 bridgehead atoms. The minimum atomic E-state index is 0.494. The number of likely N-dealkylation sites (tertiary alicyclic amines) is 1. The number of nitrogens with zero attached hydrogens (tertiary/aromatic N) is 5. The normalized spacial score (nSPS) is 14.0. The molecule has 5 heterocycles. The molecule has 7 nitrogen and oxygen atoms in total. The molecule has 182 valence electrons. The Hall–Kier alpha value is -4.49. The third-order valence-corrected chi connectivity index (χ3v) is 6.72. The number of aromatic amines is 1. The van der Waals surface area contributed by atoms with E-state index in [0.717, 1.165) is 45.7 Å². The molecule has 37 heavy (non-hydrogen) atoms. The van der Waals surface area contributed by atoms with Crippen molar-refractivity contribution in [2.75, 3.05) is 13.1 Å². The minimum absolute atomic E-state index is 0.494. The molecule has 0 amide bonds. The van der Waals surface area contributed by atoms with Crippen molar-refractivity contribution in [3.05, 3.63) is 96.2 Å². The third-order valence-electron chi connectivity index (χ3n) is 6.72. The fraction of sp³-hybridized carbons (Fsp3) is 0.167. The molecule has 0 aliphatic carbocycles. The number of pyridine rings is 3. The molecule has 0 unspecified atom stereocenters. The lowest BCUT2D eigenvalue weighted by atomic mass is 9.99. The summed E-state index contributed by atoms with van der Waals surface area (Å²) in [5, 5.41) is 9.31. The number of hydrogen-bond donors (Lipinski definition) is 2.